The molecular weight excluding hydrogens is 176 g/mol. The minimum Gasteiger partial charge on any atom is -0.503 e. The van der Waals surface area contributed by atoms with Gasteiger partial charge in [-0.2, -0.15) is 0 Å². The quantitative estimate of drug-likeness (QED) is 0.226. The molecule has 0 saturated carbocycles. The number of aliphatic carboxylic acids is 1. The predicted molar refractivity (Wildman–Crippen MR) is 43.6 cm³/mol. The standard InChI is InChI=1S/C8H11O5/c1-5(2)13-8(11)6(4-12-3)7(9)10/h4-5H,1H2,2-3H3,(H,9,10). The molecule has 1 radical (unpaired) electrons. The van der Waals surface area contributed by atoms with E-state index in [1.54, 1.807) is 0 Å². The number of hydrogen-bond donors (Lipinski definition) is 1. The predicted octanol–water partition coefficient (Wildman–Crippen LogP) is 0.367. The minimum atomic E-state index is -1.40. The maximum atomic E-state index is 11.0. The smallest absolute Gasteiger partial charge is 0.349 e. The second-order valence-corrected chi connectivity index (χ2v) is 2.29. The zero-order chi connectivity index (χ0) is 10.4. The molecule has 0 aliphatic heterocycles. The lowest BCUT2D eigenvalue weighted by molar-refractivity contribution is -0.146. The normalized spacial score (nSPS) is 11.2. The number of carboxylic acid groups (broad SMARTS) is 1. The van der Waals surface area contributed by atoms with Gasteiger partial charge >= 0.3 is 11.9 Å². The van der Waals surface area contributed by atoms with Crippen molar-refractivity contribution in [3.05, 3.63) is 18.8 Å². The summed E-state index contributed by atoms with van der Waals surface area (Å²) in [7, 11) is 1.24. The molecule has 0 amide bonds. The van der Waals surface area contributed by atoms with Crippen LogP contribution in [0, 0.1) is 6.92 Å². The average Bonchev–Trinajstić information content (AvgIpc) is 1.97. The highest BCUT2D eigenvalue weighted by Crippen LogP contribution is 2.01. The summed E-state index contributed by atoms with van der Waals surface area (Å²) >= 11 is 0. The molecule has 0 heterocycles. The summed E-state index contributed by atoms with van der Waals surface area (Å²) in [6.07, 6.45) is 0.208. The van der Waals surface area contributed by atoms with E-state index in [0.717, 1.165) is 6.26 Å². The molecule has 13 heavy (non-hydrogen) atoms. The number of carbonyl (C=O) groups excluding carboxylic acids is 1. The van der Waals surface area contributed by atoms with Crippen LogP contribution >= 0.6 is 0 Å². The van der Waals surface area contributed by atoms with Gasteiger partial charge in [-0.05, 0) is 13.8 Å². The Balaban J connectivity index is 4.48. The Labute approximate surface area is 75.9 Å². The van der Waals surface area contributed by atoms with E-state index in [4.69, 9.17) is 5.11 Å². The van der Waals surface area contributed by atoms with E-state index in [1.165, 1.54) is 14.0 Å². The van der Waals surface area contributed by atoms with Crippen molar-refractivity contribution in [3.8, 4) is 0 Å². The third kappa shape index (κ3) is 4.15. The molecule has 1 atom stereocenters. The van der Waals surface area contributed by atoms with E-state index in [-0.39, 0.29) is 0 Å². The van der Waals surface area contributed by atoms with Gasteiger partial charge in [-0.25, -0.2) is 9.59 Å². The van der Waals surface area contributed by atoms with Crippen LogP contribution in [0.5, 0.6) is 0 Å². The van der Waals surface area contributed by atoms with E-state index in [2.05, 4.69) is 16.4 Å². The van der Waals surface area contributed by atoms with Crippen molar-refractivity contribution in [1.82, 2.24) is 0 Å². The lowest BCUT2D eigenvalue weighted by Gasteiger charge is -2.07. The first-order valence-electron chi connectivity index (χ1n) is 3.49. The van der Waals surface area contributed by atoms with Gasteiger partial charge in [0.1, 0.15) is 6.26 Å². The molecule has 0 saturated heterocycles. The molecule has 0 aliphatic carbocycles. The second-order valence-electron chi connectivity index (χ2n) is 2.29. The first-order chi connectivity index (χ1) is 5.99. The number of ether oxygens (including phenoxy) is 2. The van der Waals surface area contributed by atoms with Crippen molar-refractivity contribution in [3.63, 3.8) is 0 Å². The number of rotatable bonds is 4. The number of carboxylic acids is 1. The Bertz CT molecular complexity index is 229. The lowest BCUT2D eigenvalue weighted by atomic mass is 10.3. The van der Waals surface area contributed by atoms with E-state index in [1.807, 2.05) is 0 Å². The van der Waals surface area contributed by atoms with Gasteiger partial charge in [-0.1, -0.05) is 0 Å². The summed E-state index contributed by atoms with van der Waals surface area (Å²) in [4.78, 5) is 21.4. The van der Waals surface area contributed by atoms with E-state index >= 15 is 0 Å². The van der Waals surface area contributed by atoms with Gasteiger partial charge in [-0.3, -0.25) is 0 Å². The molecule has 0 aromatic rings. The van der Waals surface area contributed by atoms with Crippen molar-refractivity contribution in [1.29, 1.82) is 0 Å². The van der Waals surface area contributed by atoms with Gasteiger partial charge in [-0.15, -0.1) is 0 Å². The Morgan fingerprint density at radius 2 is 2.08 bits per heavy atom. The summed E-state index contributed by atoms with van der Waals surface area (Å²) in [5.41, 5.74) is -0.557. The van der Waals surface area contributed by atoms with E-state index in [0.29, 0.717) is 0 Å². The largest absolute Gasteiger partial charge is 0.503 e. The topological polar surface area (TPSA) is 72.8 Å². The molecule has 0 bridgehead atoms. The molecule has 5 nitrogen and oxygen atoms in total. The summed E-state index contributed by atoms with van der Waals surface area (Å²) in [6, 6.07) is 0. The Morgan fingerprint density at radius 1 is 1.54 bits per heavy atom. The zero-order valence-corrected chi connectivity index (χ0v) is 7.44. The molecule has 0 rings (SSSR count). The molecule has 1 unspecified atom stereocenters. The highest BCUT2D eigenvalue weighted by Gasteiger charge is 2.20. The minimum absolute atomic E-state index is 0.557. The first kappa shape index (κ1) is 11.5. The average molecular weight is 187 g/mol. The van der Waals surface area contributed by atoms with Crippen molar-refractivity contribution in [2.24, 2.45) is 0 Å². The summed E-state index contributed by atoms with van der Waals surface area (Å²) in [6.45, 7) is 4.89. The van der Waals surface area contributed by atoms with Crippen LogP contribution in [0.2, 0.25) is 0 Å². The fourth-order valence-electron chi connectivity index (χ4n) is 0.550. The van der Waals surface area contributed by atoms with Crippen LogP contribution in [0.3, 0.4) is 0 Å². The van der Waals surface area contributed by atoms with Crippen molar-refractivity contribution < 1.29 is 24.2 Å². The molecule has 0 aromatic heterocycles. The Hall–Kier alpha value is -1.52. The van der Waals surface area contributed by atoms with Crippen LogP contribution in [0.25, 0.3) is 0 Å². The monoisotopic (exact) mass is 187 g/mol. The van der Waals surface area contributed by atoms with E-state index < -0.39 is 23.6 Å². The van der Waals surface area contributed by atoms with Crippen LogP contribution in [0.4, 0.5) is 0 Å². The Morgan fingerprint density at radius 3 is 2.38 bits per heavy atom. The van der Waals surface area contributed by atoms with Crippen LogP contribution in [-0.4, -0.2) is 30.3 Å². The fourth-order valence-corrected chi connectivity index (χ4v) is 0.550. The summed E-state index contributed by atoms with van der Waals surface area (Å²) < 4.78 is 8.95. The highest BCUT2D eigenvalue weighted by molar-refractivity contribution is 6.13. The molecule has 0 spiro atoms. The van der Waals surface area contributed by atoms with Gasteiger partial charge in [0.05, 0.1) is 13.2 Å². The zero-order valence-electron chi connectivity index (χ0n) is 7.44. The van der Waals surface area contributed by atoms with Crippen LogP contribution in [-0.2, 0) is 19.1 Å². The highest BCUT2D eigenvalue weighted by atomic mass is 16.5. The summed E-state index contributed by atoms with van der Waals surface area (Å²) in [5, 5.41) is 8.52. The molecule has 73 valence electrons. The maximum Gasteiger partial charge on any atom is 0.349 e. The van der Waals surface area contributed by atoms with Gasteiger partial charge in [0.25, 0.3) is 0 Å². The third-order valence-corrected chi connectivity index (χ3v) is 0.994. The van der Waals surface area contributed by atoms with Gasteiger partial charge in [0.15, 0.2) is 5.57 Å². The summed E-state index contributed by atoms with van der Waals surface area (Å²) in [5.74, 6) is -2.36. The van der Waals surface area contributed by atoms with Crippen LogP contribution in [0.15, 0.2) is 11.8 Å². The van der Waals surface area contributed by atoms with Crippen molar-refractivity contribution in [2.75, 3.05) is 7.11 Å². The van der Waals surface area contributed by atoms with Crippen molar-refractivity contribution >= 4 is 11.9 Å². The number of carbonyl (C=O) groups is 2. The number of hydrogen-bond acceptors (Lipinski definition) is 4. The second kappa shape index (κ2) is 5.18. The number of esters is 1. The third-order valence-electron chi connectivity index (χ3n) is 0.994. The lowest BCUT2D eigenvalue weighted by Crippen LogP contribution is -2.19. The SMILES string of the molecule is [CH2]C(C)OC(=O)C(=COC)C(=O)O. The molecule has 0 aromatic carbocycles. The number of methoxy groups -OCH3 is 1. The van der Waals surface area contributed by atoms with Gasteiger partial charge < -0.3 is 14.6 Å². The van der Waals surface area contributed by atoms with Gasteiger partial charge in [0, 0.05) is 0 Å². The van der Waals surface area contributed by atoms with Gasteiger partial charge in [0.2, 0.25) is 0 Å². The molecule has 5 heteroatoms. The van der Waals surface area contributed by atoms with Crippen LogP contribution in [0.1, 0.15) is 6.92 Å². The van der Waals surface area contributed by atoms with Crippen molar-refractivity contribution in [2.45, 2.75) is 13.0 Å². The maximum absolute atomic E-state index is 11.0. The Kier molecular flexibility index (Phi) is 4.58. The molecule has 0 fully saturated rings. The first-order valence-corrected chi connectivity index (χ1v) is 3.49. The molecular formula is C8H11O5. The fraction of sp³-hybridized carbons (Fsp3) is 0.375. The van der Waals surface area contributed by atoms with Crippen LogP contribution < -0.4 is 0 Å². The van der Waals surface area contributed by atoms with E-state index in [9.17, 15) is 9.59 Å². The molecule has 1 N–H and O–H groups in total. The molecule has 0 aliphatic rings.